The first kappa shape index (κ1) is 17.4. The van der Waals surface area contributed by atoms with Crippen LogP contribution >= 0.6 is 0 Å². The molecule has 24 heavy (non-hydrogen) atoms. The van der Waals surface area contributed by atoms with Gasteiger partial charge in [0.15, 0.2) is 0 Å². The molecule has 0 bridgehead atoms. The number of nitrogens with one attached hydrogen (secondary N) is 1. The van der Waals surface area contributed by atoms with Crippen LogP contribution in [0.1, 0.15) is 19.3 Å². The Kier molecular flexibility index (Phi) is 5.84. The van der Waals surface area contributed by atoms with Crippen molar-refractivity contribution in [1.29, 1.82) is 0 Å². The van der Waals surface area contributed by atoms with E-state index in [4.69, 9.17) is 9.47 Å². The topological polar surface area (TPSA) is 64.6 Å². The van der Waals surface area contributed by atoms with E-state index >= 15 is 0 Å². The predicted molar refractivity (Wildman–Crippen MR) is 93.5 cm³/mol. The van der Waals surface area contributed by atoms with Gasteiger partial charge < -0.3 is 9.47 Å². The summed E-state index contributed by atoms with van der Waals surface area (Å²) in [5.74, 6) is 0. The molecule has 3 rings (SSSR count). The number of hydrogen-bond acceptors (Lipinski definition) is 4. The van der Waals surface area contributed by atoms with E-state index in [0.717, 1.165) is 30.2 Å². The van der Waals surface area contributed by atoms with Crippen LogP contribution in [0.25, 0.3) is 10.8 Å². The van der Waals surface area contributed by atoms with Crippen LogP contribution in [0.4, 0.5) is 0 Å². The lowest BCUT2D eigenvalue weighted by molar-refractivity contribution is 0.0169. The van der Waals surface area contributed by atoms with Crippen LogP contribution in [-0.4, -0.2) is 40.9 Å². The van der Waals surface area contributed by atoms with Crippen molar-refractivity contribution in [3.63, 3.8) is 0 Å². The Balaban J connectivity index is 1.46. The number of ether oxygens (including phenoxy) is 2. The van der Waals surface area contributed by atoms with Crippen LogP contribution in [0.3, 0.4) is 0 Å². The quantitative estimate of drug-likeness (QED) is 0.744. The highest BCUT2D eigenvalue weighted by molar-refractivity contribution is 7.89. The van der Waals surface area contributed by atoms with Gasteiger partial charge in [-0.05, 0) is 42.2 Å². The lowest BCUT2D eigenvalue weighted by Gasteiger charge is -2.11. The number of benzene rings is 2. The lowest BCUT2D eigenvalue weighted by Crippen LogP contribution is -2.26. The minimum atomic E-state index is -3.48. The Bertz CT molecular complexity index is 769. The average Bonchev–Trinajstić information content (AvgIpc) is 3.11. The molecular formula is C18H23NO4S. The molecule has 0 unspecified atom stereocenters. The molecule has 1 aliphatic rings. The fourth-order valence-corrected chi connectivity index (χ4v) is 3.90. The summed E-state index contributed by atoms with van der Waals surface area (Å²) in [7, 11) is -3.48. The third-order valence-corrected chi connectivity index (χ3v) is 5.58. The molecule has 1 aliphatic heterocycles. The van der Waals surface area contributed by atoms with E-state index in [2.05, 4.69) is 4.72 Å². The number of sulfonamides is 1. The zero-order valence-corrected chi connectivity index (χ0v) is 14.4. The van der Waals surface area contributed by atoms with Crippen molar-refractivity contribution in [3.05, 3.63) is 42.5 Å². The standard InChI is InChI=1S/C18H23NO4S/c20-24(21,18-9-8-15-5-1-2-6-16(15)13-18)19-10-4-11-22-14-17-7-3-12-23-17/h1-2,5-6,8-9,13,17,19H,3-4,7,10-12,14H2/t17-/m0/s1. The van der Waals surface area contributed by atoms with Crippen molar-refractivity contribution in [3.8, 4) is 0 Å². The summed E-state index contributed by atoms with van der Waals surface area (Å²) >= 11 is 0. The Labute approximate surface area is 143 Å². The largest absolute Gasteiger partial charge is 0.379 e. The maximum Gasteiger partial charge on any atom is 0.240 e. The average molecular weight is 349 g/mol. The predicted octanol–water partition coefficient (Wildman–Crippen LogP) is 2.70. The first-order valence-corrected chi connectivity index (χ1v) is 9.81. The number of rotatable bonds is 8. The first-order valence-electron chi connectivity index (χ1n) is 8.33. The molecule has 0 radical (unpaired) electrons. The molecule has 0 amide bonds. The Morgan fingerprint density at radius 1 is 1.17 bits per heavy atom. The molecule has 1 heterocycles. The fraction of sp³-hybridized carbons (Fsp3) is 0.444. The minimum absolute atomic E-state index is 0.208. The van der Waals surface area contributed by atoms with Crippen LogP contribution < -0.4 is 4.72 Å². The first-order chi connectivity index (χ1) is 11.6. The van der Waals surface area contributed by atoms with Crippen molar-refractivity contribution >= 4 is 20.8 Å². The summed E-state index contributed by atoms with van der Waals surface area (Å²) in [6, 6.07) is 12.9. The third kappa shape index (κ3) is 4.54. The van der Waals surface area contributed by atoms with Crippen LogP contribution in [-0.2, 0) is 19.5 Å². The summed E-state index contributed by atoms with van der Waals surface area (Å²) < 4.78 is 38.3. The van der Waals surface area contributed by atoms with E-state index in [0.29, 0.717) is 31.1 Å². The summed E-state index contributed by atoms with van der Waals surface area (Å²) in [5.41, 5.74) is 0. The molecule has 2 aromatic carbocycles. The monoisotopic (exact) mass is 349 g/mol. The summed E-state index contributed by atoms with van der Waals surface area (Å²) in [6.07, 6.45) is 2.99. The molecule has 0 spiro atoms. The molecule has 0 aromatic heterocycles. The number of hydrogen-bond donors (Lipinski definition) is 1. The molecule has 5 nitrogen and oxygen atoms in total. The molecule has 130 valence electrons. The summed E-state index contributed by atoms with van der Waals surface area (Å²) in [6.45, 7) is 2.30. The molecule has 1 fully saturated rings. The molecule has 1 N–H and O–H groups in total. The zero-order valence-electron chi connectivity index (χ0n) is 13.6. The van der Waals surface area contributed by atoms with Crippen LogP contribution in [0.2, 0.25) is 0 Å². The molecule has 6 heteroatoms. The summed E-state index contributed by atoms with van der Waals surface area (Å²) in [4.78, 5) is 0.293. The van der Waals surface area contributed by atoms with Gasteiger partial charge in [0.2, 0.25) is 10.0 Å². The van der Waals surface area contributed by atoms with Gasteiger partial charge in [-0.15, -0.1) is 0 Å². The second-order valence-corrected chi connectivity index (χ2v) is 7.74. The van der Waals surface area contributed by atoms with Crippen molar-refractivity contribution in [2.45, 2.75) is 30.3 Å². The van der Waals surface area contributed by atoms with Crippen molar-refractivity contribution < 1.29 is 17.9 Å². The van der Waals surface area contributed by atoms with E-state index in [1.807, 2.05) is 30.3 Å². The van der Waals surface area contributed by atoms with Gasteiger partial charge in [0.1, 0.15) is 0 Å². The SMILES string of the molecule is O=S(=O)(NCCCOC[C@@H]1CCCO1)c1ccc2ccccc2c1. The van der Waals surface area contributed by atoms with Gasteiger partial charge in [-0.2, -0.15) is 0 Å². The van der Waals surface area contributed by atoms with Crippen LogP contribution in [0.5, 0.6) is 0 Å². The Morgan fingerprint density at radius 2 is 2.00 bits per heavy atom. The van der Waals surface area contributed by atoms with Gasteiger partial charge in [-0.1, -0.05) is 30.3 Å². The van der Waals surface area contributed by atoms with Crippen molar-refractivity contribution in [2.75, 3.05) is 26.4 Å². The maximum absolute atomic E-state index is 12.3. The Morgan fingerprint density at radius 3 is 2.79 bits per heavy atom. The highest BCUT2D eigenvalue weighted by Crippen LogP contribution is 2.18. The van der Waals surface area contributed by atoms with Gasteiger partial charge in [0.25, 0.3) is 0 Å². The van der Waals surface area contributed by atoms with Gasteiger partial charge in [0.05, 0.1) is 17.6 Å². The smallest absolute Gasteiger partial charge is 0.240 e. The van der Waals surface area contributed by atoms with Gasteiger partial charge in [-0.3, -0.25) is 0 Å². The molecular weight excluding hydrogens is 326 g/mol. The zero-order chi connectivity index (χ0) is 16.8. The molecule has 1 atom stereocenters. The molecule has 2 aromatic rings. The van der Waals surface area contributed by atoms with Crippen molar-refractivity contribution in [1.82, 2.24) is 4.72 Å². The summed E-state index contributed by atoms with van der Waals surface area (Å²) in [5, 5.41) is 1.94. The molecule has 1 saturated heterocycles. The van der Waals surface area contributed by atoms with Crippen LogP contribution in [0.15, 0.2) is 47.4 Å². The molecule has 0 aliphatic carbocycles. The van der Waals surface area contributed by atoms with Gasteiger partial charge >= 0.3 is 0 Å². The van der Waals surface area contributed by atoms with E-state index in [9.17, 15) is 8.42 Å². The highest BCUT2D eigenvalue weighted by atomic mass is 32.2. The van der Waals surface area contributed by atoms with Gasteiger partial charge in [0, 0.05) is 19.8 Å². The third-order valence-electron chi connectivity index (χ3n) is 4.12. The normalized spacial score (nSPS) is 18.2. The molecule has 0 saturated carbocycles. The lowest BCUT2D eigenvalue weighted by atomic mass is 10.1. The Hall–Kier alpha value is -1.47. The maximum atomic E-state index is 12.3. The highest BCUT2D eigenvalue weighted by Gasteiger charge is 2.16. The van der Waals surface area contributed by atoms with E-state index in [1.54, 1.807) is 12.1 Å². The second-order valence-electron chi connectivity index (χ2n) is 5.97. The minimum Gasteiger partial charge on any atom is -0.379 e. The van der Waals surface area contributed by atoms with E-state index in [-0.39, 0.29) is 6.10 Å². The van der Waals surface area contributed by atoms with E-state index in [1.165, 1.54) is 0 Å². The van der Waals surface area contributed by atoms with Crippen molar-refractivity contribution in [2.24, 2.45) is 0 Å². The fourth-order valence-electron chi connectivity index (χ4n) is 2.79. The second kappa shape index (κ2) is 8.07. The van der Waals surface area contributed by atoms with Crippen LogP contribution in [0, 0.1) is 0 Å². The van der Waals surface area contributed by atoms with Gasteiger partial charge in [-0.25, -0.2) is 13.1 Å². The van der Waals surface area contributed by atoms with E-state index < -0.39 is 10.0 Å². The number of fused-ring (bicyclic) bond motifs is 1.